The normalized spacial score (nSPS) is 10.9. The molecule has 0 radical (unpaired) electrons. The summed E-state index contributed by atoms with van der Waals surface area (Å²) >= 11 is 6.06. The van der Waals surface area contributed by atoms with E-state index in [9.17, 15) is 9.50 Å². The number of aliphatic hydroxyl groups excluding tert-OH is 1. The van der Waals surface area contributed by atoms with E-state index in [-0.39, 0.29) is 12.4 Å². The van der Waals surface area contributed by atoms with Crippen molar-refractivity contribution in [1.82, 2.24) is 9.78 Å². The molecule has 0 aliphatic heterocycles. The minimum Gasteiger partial charge on any atom is -0.392 e. The summed E-state index contributed by atoms with van der Waals surface area (Å²) in [6, 6.07) is 4.20. The number of benzene rings is 1. The average Bonchev–Trinajstić information content (AvgIpc) is 2.57. The Morgan fingerprint density at radius 3 is 2.65 bits per heavy atom. The highest BCUT2D eigenvalue weighted by molar-refractivity contribution is 6.31. The van der Waals surface area contributed by atoms with Crippen LogP contribution in [0.2, 0.25) is 5.02 Å². The largest absolute Gasteiger partial charge is 0.392 e. The lowest BCUT2D eigenvalue weighted by Gasteiger charge is -2.09. The summed E-state index contributed by atoms with van der Waals surface area (Å²) in [6.45, 7) is 3.38. The average molecular weight is 255 g/mol. The van der Waals surface area contributed by atoms with Gasteiger partial charge in [-0.2, -0.15) is 5.10 Å². The number of aryl methyl sites for hydroxylation is 1. The molecule has 17 heavy (non-hydrogen) atoms. The number of hydrogen-bond acceptors (Lipinski definition) is 2. The minimum atomic E-state index is -0.384. The van der Waals surface area contributed by atoms with Crippen LogP contribution in [0.5, 0.6) is 0 Å². The van der Waals surface area contributed by atoms with Crippen molar-refractivity contribution in [2.75, 3.05) is 0 Å². The molecule has 0 saturated carbocycles. The molecule has 0 aliphatic carbocycles. The van der Waals surface area contributed by atoms with Crippen LogP contribution in [0.15, 0.2) is 18.2 Å². The zero-order chi connectivity index (χ0) is 12.6. The Kier molecular flexibility index (Phi) is 3.17. The third-order valence-electron chi connectivity index (χ3n) is 2.64. The van der Waals surface area contributed by atoms with Crippen LogP contribution >= 0.6 is 11.6 Å². The summed E-state index contributed by atoms with van der Waals surface area (Å²) in [6.07, 6.45) is 0. The van der Waals surface area contributed by atoms with Crippen molar-refractivity contribution in [1.29, 1.82) is 0 Å². The topological polar surface area (TPSA) is 38.0 Å². The van der Waals surface area contributed by atoms with Gasteiger partial charge in [-0.3, -0.25) is 0 Å². The summed E-state index contributed by atoms with van der Waals surface area (Å²) in [4.78, 5) is 0. The predicted octanol–water partition coefficient (Wildman–Crippen LogP) is 2.77. The van der Waals surface area contributed by atoms with Crippen LogP contribution in [0.25, 0.3) is 5.69 Å². The Morgan fingerprint density at radius 1 is 1.41 bits per heavy atom. The van der Waals surface area contributed by atoms with Crippen LogP contribution in [-0.4, -0.2) is 14.9 Å². The third-order valence-corrected chi connectivity index (χ3v) is 3.19. The maximum Gasteiger partial charge on any atom is 0.123 e. The Hall–Kier alpha value is -1.39. The van der Waals surface area contributed by atoms with Crippen molar-refractivity contribution < 1.29 is 9.50 Å². The SMILES string of the molecule is Cc1nn(-c2ccc(F)cc2CO)c(C)c1Cl. The molecule has 1 aromatic heterocycles. The van der Waals surface area contributed by atoms with Crippen LogP contribution in [0.4, 0.5) is 4.39 Å². The lowest BCUT2D eigenvalue weighted by atomic mass is 10.2. The molecule has 3 nitrogen and oxygen atoms in total. The first kappa shape index (κ1) is 12.1. The molecule has 2 aromatic rings. The Labute approximate surface area is 103 Å². The van der Waals surface area contributed by atoms with Crippen molar-refractivity contribution in [3.8, 4) is 5.69 Å². The molecule has 1 heterocycles. The van der Waals surface area contributed by atoms with Gasteiger partial charge in [0.1, 0.15) is 5.82 Å². The van der Waals surface area contributed by atoms with Gasteiger partial charge < -0.3 is 5.11 Å². The van der Waals surface area contributed by atoms with Crippen molar-refractivity contribution >= 4 is 11.6 Å². The molecule has 0 unspecified atom stereocenters. The van der Waals surface area contributed by atoms with E-state index in [1.807, 2.05) is 6.92 Å². The number of aliphatic hydroxyl groups is 1. The molecule has 1 N–H and O–H groups in total. The van der Waals surface area contributed by atoms with E-state index in [0.717, 1.165) is 5.69 Å². The van der Waals surface area contributed by atoms with E-state index >= 15 is 0 Å². The first-order valence-electron chi connectivity index (χ1n) is 5.16. The monoisotopic (exact) mass is 254 g/mol. The van der Waals surface area contributed by atoms with Gasteiger partial charge in [-0.1, -0.05) is 11.6 Å². The molecular formula is C12H12ClFN2O. The summed E-state index contributed by atoms with van der Waals surface area (Å²) in [5.41, 5.74) is 2.59. The molecule has 5 heteroatoms. The van der Waals surface area contributed by atoms with E-state index in [1.165, 1.54) is 12.1 Å². The van der Waals surface area contributed by atoms with Gasteiger partial charge in [-0.15, -0.1) is 0 Å². The Bertz CT molecular complexity index is 566. The van der Waals surface area contributed by atoms with Crippen molar-refractivity contribution in [3.05, 3.63) is 46.0 Å². The van der Waals surface area contributed by atoms with Crippen LogP contribution in [0.1, 0.15) is 17.0 Å². The molecule has 2 rings (SSSR count). The van der Waals surface area contributed by atoms with Crippen LogP contribution < -0.4 is 0 Å². The van der Waals surface area contributed by atoms with Crippen molar-refractivity contribution in [3.63, 3.8) is 0 Å². The smallest absolute Gasteiger partial charge is 0.123 e. The molecule has 0 atom stereocenters. The second-order valence-electron chi connectivity index (χ2n) is 3.83. The zero-order valence-electron chi connectivity index (χ0n) is 9.54. The maximum atomic E-state index is 13.1. The number of aromatic nitrogens is 2. The van der Waals surface area contributed by atoms with E-state index in [0.29, 0.717) is 22.0 Å². The van der Waals surface area contributed by atoms with E-state index in [2.05, 4.69) is 5.10 Å². The standard InChI is InChI=1S/C12H12ClFN2O/c1-7-12(13)8(2)16(15-7)11-4-3-10(14)5-9(11)6-17/h3-5,17H,6H2,1-2H3. The first-order chi connectivity index (χ1) is 8.04. The van der Waals surface area contributed by atoms with Crippen LogP contribution in [0.3, 0.4) is 0 Å². The molecule has 0 aliphatic rings. The highest BCUT2D eigenvalue weighted by Gasteiger charge is 2.13. The van der Waals surface area contributed by atoms with E-state index in [4.69, 9.17) is 11.6 Å². The molecule has 0 amide bonds. The number of halogens is 2. The highest BCUT2D eigenvalue weighted by Crippen LogP contribution is 2.24. The van der Waals surface area contributed by atoms with Gasteiger partial charge in [0.05, 0.1) is 28.7 Å². The number of hydrogen-bond donors (Lipinski definition) is 1. The summed E-state index contributed by atoms with van der Waals surface area (Å²) in [5.74, 6) is -0.384. The molecule has 0 spiro atoms. The van der Waals surface area contributed by atoms with Crippen LogP contribution in [0, 0.1) is 19.7 Å². The maximum absolute atomic E-state index is 13.1. The van der Waals surface area contributed by atoms with Gasteiger partial charge in [-0.05, 0) is 32.0 Å². The lowest BCUT2D eigenvalue weighted by molar-refractivity contribution is 0.280. The zero-order valence-corrected chi connectivity index (χ0v) is 10.3. The molecule has 0 fully saturated rings. The fourth-order valence-corrected chi connectivity index (χ4v) is 1.86. The fourth-order valence-electron chi connectivity index (χ4n) is 1.75. The van der Waals surface area contributed by atoms with Gasteiger partial charge in [0.2, 0.25) is 0 Å². The molecule has 0 bridgehead atoms. The number of nitrogens with zero attached hydrogens (tertiary/aromatic N) is 2. The second kappa shape index (κ2) is 4.47. The van der Waals surface area contributed by atoms with E-state index < -0.39 is 0 Å². The molecule has 90 valence electrons. The number of rotatable bonds is 2. The molecule has 1 aromatic carbocycles. The van der Waals surface area contributed by atoms with Gasteiger partial charge in [0.25, 0.3) is 0 Å². The van der Waals surface area contributed by atoms with Crippen molar-refractivity contribution in [2.45, 2.75) is 20.5 Å². The Morgan fingerprint density at radius 2 is 2.12 bits per heavy atom. The summed E-state index contributed by atoms with van der Waals surface area (Å²) < 4.78 is 14.7. The van der Waals surface area contributed by atoms with E-state index in [1.54, 1.807) is 17.7 Å². The van der Waals surface area contributed by atoms with Gasteiger partial charge in [-0.25, -0.2) is 9.07 Å². The Balaban J connectivity index is 2.64. The van der Waals surface area contributed by atoms with Gasteiger partial charge >= 0.3 is 0 Å². The predicted molar refractivity (Wildman–Crippen MR) is 63.9 cm³/mol. The quantitative estimate of drug-likeness (QED) is 0.895. The van der Waals surface area contributed by atoms with Gasteiger partial charge in [0, 0.05) is 5.56 Å². The van der Waals surface area contributed by atoms with Gasteiger partial charge in [0.15, 0.2) is 0 Å². The molecule has 0 saturated heterocycles. The third kappa shape index (κ3) is 2.06. The fraction of sp³-hybridized carbons (Fsp3) is 0.250. The lowest BCUT2D eigenvalue weighted by Crippen LogP contribution is -2.04. The summed E-state index contributed by atoms with van der Waals surface area (Å²) in [5, 5.41) is 14.1. The molecular weight excluding hydrogens is 243 g/mol. The highest BCUT2D eigenvalue weighted by atomic mass is 35.5. The minimum absolute atomic E-state index is 0.247. The van der Waals surface area contributed by atoms with Crippen molar-refractivity contribution in [2.24, 2.45) is 0 Å². The summed E-state index contributed by atoms with van der Waals surface area (Å²) in [7, 11) is 0. The first-order valence-corrected chi connectivity index (χ1v) is 5.53. The second-order valence-corrected chi connectivity index (χ2v) is 4.21. The van der Waals surface area contributed by atoms with Crippen LogP contribution in [-0.2, 0) is 6.61 Å².